The van der Waals surface area contributed by atoms with Crippen molar-refractivity contribution in [2.24, 2.45) is 0 Å². The summed E-state index contributed by atoms with van der Waals surface area (Å²) in [5, 5.41) is 3.49. The highest BCUT2D eigenvalue weighted by molar-refractivity contribution is 5.85. The van der Waals surface area contributed by atoms with Gasteiger partial charge in [0.15, 0.2) is 5.82 Å². The minimum Gasteiger partial charge on any atom is -0.463 e. The molecule has 0 bridgehead atoms. The van der Waals surface area contributed by atoms with E-state index in [1.807, 2.05) is 0 Å². The zero-order chi connectivity index (χ0) is 11.9. The van der Waals surface area contributed by atoms with Crippen molar-refractivity contribution in [1.82, 2.24) is 15.3 Å². The molecular formula is C12H19ClFN3O. The van der Waals surface area contributed by atoms with Crippen LogP contribution in [0.2, 0.25) is 0 Å². The average Bonchev–Trinajstić information content (AvgIpc) is 2.38. The van der Waals surface area contributed by atoms with Gasteiger partial charge in [0, 0.05) is 6.04 Å². The van der Waals surface area contributed by atoms with Crippen LogP contribution in [-0.4, -0.2) is 29.2 Å². The monoisotopic (exact) mass is 275 g/mol. The Morgan fingerprint density at radius 2 is 2.11 bits per heavy atom. The number of hydrogen-bond donors (Lipinski definition) is 1. The molecule has 1 N–H and O–H groups in total. The Hall–Kier alpha value is -0.940. The molecule has 6 heteroatoms. The topological polar surface area (TPSA) is 47.0 Å². The lowest BCUT2D eigenvalue weighted by molar-refractivity contribution is 0.266. The molecule has 1 aliphatic heterocycles. The lowest BCUT2D eigenvalue weighted by atomic mass is 10.0. The predicted molar refractivity (Wildman–Crippen MR) is 69.6 cm³/mol. The molecule has 0 spiro atoms. The van der Waals surface area contributed by atoms with Gasteiger partial charge in [0.2, 0.25) is 0 Å². The largest absolute Gasteiger partial charge is 0.463 e. The average molecular weight is 276 g/mol. The number of ether oxygens (including phenoxy) is 1. The Morgan fingerprint density at radius 3 is 2.78 bits per heavy atom. The molecule has 4 nitrogen and oxygen atoms in total. The molecule has 0 aliphatic carbocycles. The summed E-state index contributed by atoms with van der Waals surface area (Å²) in [6.45, 7) is 1.72. The molecule has 1 aromatic rings. The molecule has 1 aliphatic rings. The predicted octanol–water partition coefficient (Wildman–Crippen LogP) is 2.34. The molecule has 1 aromatic heterocycles. The van der Waals surface area contributed by atoms with E-state index in [9.17, 15) is 4.39 Å². The summed E-state index contributed by atoms with van der Waals surface area (Å²) in [5.41, 5.74) is 0. The fourth-order valence-electron chi connectivity index (χ4n) is 2.04. The molecule has 102 valence electrons. The van der Waals surface area contributed by atoms with Crippen LogP contribution in [0.5, 0.6) is 6.01 Å². The minimum absolute atomic E-state index is 0. The van der Waals surface area contributed by atoms with Crippen LogP contribution in [0.1, 0.15) is 32.1 Å². The van der Waals surface area contributed by atoms with Crippen LogP contribution in [-0.2, 0) is 0 Å². The van der Waals surface area contributed by atoms with Crippen LogP contribution in [0.25, 0.3) is 0 Å². The van der Waals surface area contributed by atoms with E-state index in [-0.39, 0.29) is 18.4 Å². The summed E-state index contributed by atoms with van der Waals surface area (Å²) >= 11 is 0. The van der Waals surface area contributed by atoms with Crippen LogP contribution in [0, 0.1) is 5.82 Å². The van der Waals surface area contributed by atoms with Gasteiger partial charge in [-0.2, -0.15) is 0 Å². The number of aromatic nitrogens is 2. The molecule has 1 atom stereocenters. The normalized spacial score (nSPS) is 19.1. The first kappa shape index (κ1) is 15.1. The molecule has 2 rings (SSSR count). The van der Waals surface area contributed by atoms with Crippen LogP contribution in [0.4, 0.5) is 4.39 Å². The highest BCUT2D eigenvalue weighted by atomic mass is 35.5. The molecule has 0 radical (unpaired) electrons. The summed E-state index contributed by atoms with van der Waals surface area (Å²) in [7, 11) is 0. The van der Waals surface area contributed by atoms with Gasteiger partial charge in [0.1, 0.15) is 0 Å². The Kier molecular flexibility index (Phi) is 6.90. The second-order valence-corrected chi connectivity index (χ2v) is 4.32. The van der Waals surface area contributed by atoms with E-state index in [1.54, 1.807) is 0 Å². The fraction of sp³-hybridized carbons (Fsp3) is 0.667. The lowest BCUT2D eigenvalue weighted by Gasteiger charge is -2.23. The summed E-state index contributed by atoms with van der Waals surface area (Å²) in [6.07, 6.45) is 8.18. The third kappa shape index (κ3) is 5.14. The molecular weight excluding hydrogens is 257 g/mol. The zero-order valence-corrected chi connectivity index (χ0v) is 11.1. The maximum absolute atomic E-state index is 12.5. The Morgan fingerprint density at radius 1 is 1.33 bits per heavy atom. The molecule has 2 heterocycles. The minimum atomic E-state index is -0.441. The van der Waals surface area contributed by atoms with Crippen molar-refractivity contribution in [2.75, 3.05) is 13.2 Å². The van der Waals surface area contributed by atoms with Crippen molar-refractivity contribution >= 4 is 12.4 Å². The smallest absolute Gasteiger partial charge is 0.316 e. The number of rotatable bonds is 5. The van der Waals surface area contributed by atoms with E-state index in [2.05, 4.69) is 15.3 Å². The summed E-state index contributed by atoms with van der Waals surface area (Å²) in [6, 6.07) is 0.879. The third-order valence-electron chi connectivity index (χ3n) is 2.94. The van der Waals surface area contributed by atoms with Gasteiger partial charge in [-0.25, -0.2) is 14.4 Å². The van der Waals surface area contributed by atoms with Gasteiger partial charge in [-0.1, -0.05) is 6.42 Å². The van der Waals surface area contributed by atoms with Crippen LogP contribution < -0.4 is 10.1 Å². The van der Waals surface area contributed by atoms with Gasteiger partial charge in [-0.05, 0) is 32.2 Å². The van der Waals surface area contributed by atoms with Crippen LogP contribution in [0.3, 0.4) is 0 Å². The van der Waals surface area contributed by atoms with E-state index in [0.29, 0.717) is 12.6 Å². The Labute approximate surface area is 113 Å². The standard InChI is InChI=1S/C12H18FN3O.ClH/c13-10-8-15-12(16-9-10)17-7-3-5-11-4-1-2-6-14-11;/h8-9,11,14H,1-7H2;1H. The summed E-state index contributed by atoms with van der Waals surface area (Å²) in [5.74, 6) is -0.441. The van der Waals surface area contributed by atoms with E-state index in [0.717, 1.165) is 31.8 Å². The van der Waals surface area contributed by atoms with E-state index in [4.69, 9.17) is 4.74 Å². The fourth-order valence-corrected chi connectivity index (χ4v) is 2.04. The number of piperidine rings is 1. The lowest BCUT2D eigenvalue weighted by Crippen LogP contribution is -2.34. The maximum Gasteiger partial charge on any atom is 0.316 e. The number of halogens is 2. The molecule has 0 saturated carbocycles. The summed E-state index contributed by atoms with van der Waals surface area (Å²) < 4.78 is 17.9. The van der Waals surface area contributed by atoms with Crippen molar-refractivity contribution in [3.8, 4) is 6.01 Å². The quantitative estimate of drug-likeness (QED) is 0.838. The van der Waals surface area contributed by atoms with Crippen LogP contribution in [0.15, 0.2) is 12.4 Å². The van der Waals surface area contributed by atoms with Gasteiger partial charge in [0.25, 0.3) is 0 Å². The Bertz CT molecular complexity index is 331. The number of hydrogen-bond acceptors (Lipinski definition) is 4. The van der Waals surface area contributed by atoms with Crippen molar-refractivity contribution in [3.63, 3.8) is 0 Å². The zero-order valence-electron chi connectivity index (χ0n) is 10.3. The second-order valence-electron chi connectivity index (χ2n) is 4.32. The van der Waals surface area contributed by atoms with Crippen molar-refractivity contribution < 1.29 is 9.13 Å². The summed E-state index contributed by atoms with van der Waals surface area (Å²) in [4.78, 5) is 7.48. The Balaban J connectivity index is 0.00000162. The van der Waals surface area contributed by atoms with Gasteiger partial charge in [-0.15, -0.1) is 12.4 Å². The molecule has 1 unspecified atom stereocenters. The first-order valence-electron chi connectivity index (χ1n) is 6.18. The maximum atomic E-state index is 12.5. The van der Waals surface area contributed by atoms with Crippen molar-refractivity contribution in [3.05, 3.63) is 18.2 Å². The van der Waals surface area contributed by atoms with Gasteiger partial charge < -0.3 is 10.1 Å². The first-order valence-corrected chi connectivity index (χ1v) is 6.18. The van der Waals surface area contributed by atoms with E-state index in [1.165, 1.54) is 19.3 Å². The van der Waals surface area contributed by atoms with E-state index >= 15 is 0 Å². The second kappa shape index (κ2) is 8.21. The van der Waals surface area contributed by atoms with Gasteiger partial charge >= 0.3 is 6.01 Å². The van der Waals surface area contributed by atoms with E-state index < -0.39 is 5.82 Å². The highest BCUT2D eigenvalue weighted by Crippen LogP contribution is 2.12. The molecule has 0 amide bonds. The van der Waals surface area contributed by atoms with Gasteiger partial charge in [0.05, 0.1) is 19.0 Å². The van der Waals surface area contributed by atoms with Crippen LogP contribution >= 0.6 is 12.4 Å². The molecule has 0 aromatic carbocycles. The third-order valence-corrected chi connectivity index (χ3v) is 2.94. The molecule has 1 saturated heterocycles. The first-order chi connectivity index (χ1) is 8.34. The van der Waals surface area contributed by atoms with Crippen molar-refractivity contribution in [1.29, 1.82) is 0 Å². The SMILES string of the molecule is Cl.Fc1cnc(OCCCC2CCCCN2)nc1. The van der Waals surface area contributed by atoms with Gasteiger partial charge in [-0.3, -0.25) is 0 Å². The molecule has 1 fully saturated rings. The number of nitrogens with one attached hydrogen (secondary N) is 1. The highest BCUT2D eigenvalue weighted by Gasteiger charge is 2.11. The molecule has 18 heavy (non-hydrogen) atoms. The number of nitrogens with zero attached hydrogens (tertiary/aromatic N) is 2. The van der Waals surface area contributed by atoms with Crippen molar-refractivity contribution in [2.45, 2.75) is 38.1 Å².